The van der Waals surface area contributed by atoms with Crippen LogP contribution in [-0.4, -0.2) is 28.2 Å². The summed E-state index contributed by atoms with van der Waals surface area (Å²) in [7, 11) is 0. The van der Waals surface area contributed by atoms with E-state index in [0.29, 0.717) is 11.3 Å². The Hall–Kier alpha value is -1.59. The van der Waals surface area contributed by atoms with Gasteiger partial charge in [-0.2, -0.15) is 0 Å². The molecule has 0 spiro atoms. The highest BCUT2D eigenvalue weighted by Crippen LogP contribution is 2.21. The molecule has 0 unspecified atom stereocenters. The van der Waals surface area contributed by atoms with Gasteiger partial charge in [-0.05, 0) is 30.0 Å². The summed E-state index contributed by atoms with van der Waals surface area (Å²) < 4.78 is 1.91. The summed E-state index contributed by atoms with van der Waals surface area (Å²) >= 11 is 1.40. The number of aliphatic hydroxyl groups is 1. The van der Waals surface area contributed by atoms with Crippen LogP contribution < -0.4 is 5.32 Å². The summed E-state index contributed by atoms with van der Waals surface area (Å²) in [4.78, 5) is 12.8. The van der Waals surface area contributed by atoms with E-state index in [9.17, 15) is 4.79 Å². The molecule has 2 rings (SSSR count). The molecule has 0 aromatic carbocycles. The fraction of sp³-hybridized carbons (Fsp3) is 0.308. The molecule has 0 saturated heterocycles. The highest BCUT2D eigenvalue weighted by Gasteiger charge is 2.16. The van der Waals surface area contributed by atoms with Crippen LogP contribution in [0.2, 0.25) is 0 Å². The second-order valence-electron chi connectivity index (χ2n) is 3.99. The van der Waals surface area contributed by atoms with E-state index in [1.165, 1.54) is 11.3 Å². The molecule has 1 atom stereocenters. The number of rotatable bonds is 5. The van der Waals surface area contributed by atoms with Gasteiger partial charge in [-0.3, -0.25) is 4.79 Å². The fourth-order valence-corrected chi connectivity index (χ4v) is 2.49. The SMILES string of the molecule is CC[C@@H](CO)NC(=O)c1sccc1-n1cccc1. The van der Waals surface area contributed by atoms with Crippen LogP contribution in [0, 0.1) is 0 Å². The van der Waals surface area contributed by atoms with E-state index in [1.807, 2.05) is 47.5 Å². The third kappa shape index (κ3) is 2.63. The number of carbonyl (C=O) groups is 1. The number of amides is 1. The maximum Gasteiger partial charge on any atom is 0.263 e. The molecule has 4 nitrogen and oxygen atoms in total. The van der Waals surface area contributed by atoms with Gasteiger partial charge in [-0.25, -0.2) is 0 Å². The summed E-state index contributed by atoms with van der Waals surface area (Å²) in [5.41, 5.74) is 0.871. The number of nitrogens with one attached hydrogen (secondary N) is 1. The van der Waals surface area contributed by atoms with Gasteiger partial charge in [0, 0.05) is 12.4 Å². The van der Waals surface area contributed by atoms with Crippen LogP contribution in [-0.2, 0) is 0 Å². The lowest BCUT2D eigenvalue weighted by Crippen LogP contribution is -2.36. The monoisotopic (exact) mass is 264 g/mol. The van der Waals surface area contributed by atoms with E-state index >= 15 is 0 Å². The van der Waals surface area contributed by atoms with Crippen molar-refractivity contribution in [3.05, 3.63) is 40.8 Å². The summed E-state index contributed by atoms with van der Waals surface area (Å²) in [6.07, 6.45) is 4.52. The third-order valence-electron chi connectivity index (χ3n) is 2.78. The lowest BCUT2D eigenvalue weighted by Gasteiger charge is -2.14. The minimum absolute atomic E-state index is 0.0352. The van der Waals surface area contributed by atoms with Crippen molar-refractivity contribution in [2.75, 3.05) is 6.61 Å². The van der Waals surface area contributed by atoms with Gasteiger partial charge in [0.15, 0.2) is 0 Å². The molecule has 2 N–H and O–H groups in total. The van der Waals surface area contributed by atoms with Crippen molar-refractivity contribution in [2.45, 2.75) is 19.4 Å². The quantitative estimate of drug-likeness (QED) is 0.868. The number of hydrogen-bond donors (Lipinski definition) is 2. The number of nitrogens with zero attached hydrogens (tertiary/aromatic N) is 1. The van der Waals surface area contributed by atoms with Crippen LogP contribution in [0.4, 0.5) is 0 Å². The van der Waals surface area contributed by atoms with E-state index in [4.69, 9.17) is 5.11 Å². The number of aliphatic hydroxyl groups excluding tert-OH is 1. The normalized spacial score (nSPS) is 12.3. The van der Waals surface area contributed by atoms with Crippen molar-refractivity contribution in [3.8, 4) is 5.69 Å². The Kier molecular flexibility index (Phi) is 4.17. The summed E-state index contributed by atoms with van der Waals surface area (Å²) in [5.74, 6) is -0.130. The molecule has 0 aliphatic carbocycles. The fourth-order valence-electron chi connectivity index (χ4n) is 1.70. The molecule has 2 heterocycles. The lowest BCUT2D eigenvalue weighted by atomic mass is 10.2. The molecule has 18 heavy (non-hydrogen) atoms. The van der Waals surface area contributed by atoms with E-state index < -0.39 is 0 Å². The molecule has 0 saturated carbocycles. The highest BCUT2D eigenvalue weighted by molar-refractivity contribution is 7.12. The zero-order chi connectivity index (χ0) is 13.0. The summed E-state index contributed by atoms with van der Waals surface area (Å²) in [6, 6.07) is 5.57. The van der Waals surface area contributed by atoms with E-state index in [0.717, 1.165) is 5.69 Å². The average molecular weight is 264 g/mol. The second kappa shape index (κ2) is 5.84. The zero-order valence-corrected chi connectivity index (χ0v) is 11.0. The van der Waals surface area contributed by atoms with Crippen LogP contribution in [0.15, 0.2) is 36.0 Å². The van der Waals surface area contributed by atoms with Crippen molar-refractivity contribution in [2.24, 2.45) is 0 Å². The average Bonchev–Trinajstić information content (AvgIpc) is 3.04. The smallest absolute Gasteiger partial charge is 0.263 e. The Morgan fingerprint density at radius 2 is 2.22 bits per heavy atom. The Labute approximate surface area is 110 Å². The third-order valence-corrected chi connectivity index (χ3v) is 3.68. The first-order chi connectivity index (χ1) is 8.76. The number of hydrogen-bond acceptors (Lipinski definition) is 3. The van der Waals surface area contributed by atoms with Crippen LogP contribution in [0.3, 0.4) is 0 Å². The summed E-state index contributed by atoms with van der Waals surface area (Å²) in [6.45, 7) is 1.90. The van der Waals surface area contributed by atoms with Crippen molar-refractivity contribution in [1.29, 1.82) is 0 Å². The van der Waals surface area contributed by atoms with Crippen molar-refractivity contribution in [3.63, 3.8) is 0 Å². The maximum absolute atomic E-state index is 12.1. The number of thiophene rings is 1. The van der Waals surface area contributed by atoms with Crippen molar-refractivity contribution < 1.29 is 9.90 Å². The molecular weight excluding hydrogens is 248 g/mol. The van der Waals surface area contributed by atoms with Crippen LogP contribution in [0.25, 0.3) is 5.69 Å². The van der Waals surface area contributed by atoms with Gasteiger partial charge in [-0.15, -0.1) is 11.3 Å². The van der Waals surface area contributed by atoms with E-state index in [1.54, 1.807) is 0 Å². The Balaban J connectivity index is 2.19. The van der Waals surface area contributed by atoms with Gasteiger partial charge in [0.1, 0.15) is 4.88 Å². The molecular formula is C13H16N2O2S. The molecule has 0 aliphatic rings. The van der Waals surface area contributed by atoms with Crippen LogP contribution >= 0.6 is 11.3 Å². The Morgan fingerprint density at radius 3 is 2.83 bits per heavy atom. The van der Waals surface area contributed by atoms with Crippen molar-refractivity contribution in [1.82, 2.24) is 9.88 Å². The molecule has 0 fully saturated rings. The first-order valence-electron chi connectivity index (χ1n) is 5.88. The molecule has 0 radical (unpaired) electrons. The molecule has 0 aliphatic heterocycles. The van der Waals surface area contributed by atoms with E-state index in [-0.39, 0.29) is 18.6 Å². The number of aromatic nitrogens is 1. The van der Waals surface area contributed by atoms with Gasteiger partial charge in [0.05, 0.1) is 18.3 Å². The van der Waals surface area contributed by atoms with E-state index in [2.05, 4.69) is 5.32 Å². The molecule has 96 valence electrons. The molecule has 5 heteroatoms. The van der Waals surface area contributed by atoms with Crippen molar-refractivity contribution >= 4 is 17.2 Å². The standard InChI is InChI=1S/C13H16N2O2S/c1-2-10(9-16)14-13(17)12-11(5-8-18-12)15-6-3-4-7-15/h3-8,10,16H,2,9H2,1H3,(H,14,17)/t10-/m0/s1. The topological polar surface area (TPSA) is 54.3 Å². The lowest BCUT2D eigenvalue weighted by molar-refractivity contribution is 0.0919. The van der Waals surface area contributed by atoms with Crippen LogP contribution in [0.1, 0.15) is 23.0 Å². The summed E-state index contributed by atoms with van der Waals surface area (Å²) in [5, 5.41) is 13.8. The molecule has 0 bridgehead atoms. The van der Waals surface area contributed by atoms with Gasteiger partial charge >= 0.3 is 0 Å². The van der Waals surface area contributed by atoms with Gasteiger partial charge in [0.2, 0.25) is 0 Å². The van der Waals surface area contributed by atoms with Gasteiger partial charge < -0.3 is 15.0 Å². The predicted molar refractivity (Wildman–Crippen MR) is 72.3 cm³/mol. The predicted octanol–water partition coefficient (Wildman–Crippen LogP) is 2.04. The largest absolute Gasteiger partial charge is 0.394 e. The van der Waals surface area contributed by atoms with Crippen LogP contribution in [0.5, 0.6) is 0 Å². The van der Waals surface area contributed by atoms with Gasteiger partial charge in [-0.1, -0.05) is 6.92 Å². The minimum atomic E-state index is -0.183. The van der Waals surface area contributed by atoms with Gasteiger partial charge in [0.25, 0.3) is 5.91 Å². The first kappa shape index (κ1) is 12.9. The second-order valence-corrected chi connectivity index (χ2v) is 4.90. The minimum Gasteiger partial charge on any atom is -0.394 e. The number of carbonyl (C=O) groups excluding carboxylic acids is 1. The highest BCUT2D eigenvalue weighted by atomic mass is 32.1. The molecule has 2 aromatic rings. The maximum atomic E-state index is 12.1. The first-order valence-corrected chi connectivity index (χ1v) is 6.76. The zero-order valence-electron chi connectivity index (χ0n) is 10.2. The molecule has 2 aromatic heterocycles. The Bertz CT molecular complexity index is 501. The molecule has 1 amide bonds. The Morgan fingerprint density at radius 1 is 1.50 bits per heavy atom.